The van der Waals surface area contributed by atoms with E-state index in [9.17, 15) is 9.59 Å². The fourth-order valence-electron chi connectivity index (χ4n) is 1.26. The van der Waals surface area contributed by atoms with Crippen molar-refractivity contribution in [2.75, 3.05) is 5.32 Å². The van der Waals surface area contributed by atoms with Crippen LogP contribution in [0.5, 0.6) is 0 Å². The second-order valence-corrected chi connectivity index (χ2v) is 5.29. The van der Waals surface area contributed by atoms with Crippen molar-refractivity contribution in [1.82, 2.24) is 4.98 Å². The molecule has 0 aliphatic heterocycles. The zero-order chi connectivity index (χ0) is 13.0. The van der Waals surface area contributed by atoms with E-state index >= 15 is 0 Å². The van der Waals surface area contributed by atoms with Crippen LogP contribution < -0.4 is 5.32 Å². The summed E-state index contributed by atoms with van der Waals surface area (Å²) in [6.07, 6.45) is 4.57. The Morgan fingerprint density at radius 1 is 1.33 bits per heavy atom. The number of nitrogens with zero attached hydrogens (tertiary/aromatic N) is 1. The summed E-state index contributed by atoms with van der Waals surface area (Å²) < 4.78 is 0. The number of anilines is 1. The third kappa shape index (κ3) is 3.35. The lowest BCUT2D eigenvalue weighted by molar-refractivity contribution is -0.114. The second kappa shape index (κ2) is 5.70. The van der Waals surface area contributed by atoms with Gasteiger partial charge in [0, 0.05) is 28.1 Å². The van der Waals surface area contributed by atoms with Crippen LogP contribution in [-0.2, 0) is 4.79 Å². The zero-order valence-electron chi connectivity index (χ0n) is 9.54. The highest BCUT2D eigenvalue weighted by Gasteiger charge is 2.01. The van der Waals surface area contributed by atoms with Gasteiger partial charge in [-0.1, -0.05) is 0 Å². The molecule has 2 aromatic rings. The van der Waals surface area contributed by atoms with Gasteiger partial charge in [-0.25, -0.2) is 4.98 Å². The Kier molecular flexibility index (Phi) is 4.01. The summed E-state index contributed by atoms with van der Waals surface area (Å²) in [5, 5.41) is 6.87. The molecule has 92 valence electrons. The molecule has 0 saturated carbocycles. The monoisotopic (exact) mass is 278 g/mol. The van der Waals surface area contributed by atoms with Crippen molar-refractivity contribution in [1.29, 1.82) is 0 Å². The van der Waals surface area contributed by atoms with Gasteiger partial charge in [-0.05, 0) is 18.2 Å². The molecule has 4 nitrogen and oxygen atoms in total. The molecule has 2 aromatic heterocycles. The predicted molar refractivity (Wildman–Crippen MR) is 75.1 cm³/mol. The highest BCUT2D eigenvalue weighted by molar-refractivity contribution is 7.14. The van der Waals surface area contributed by atoms with Gasteiger partial charge in [0.05, 0.1) is 5.69 Å². The average Bonchev–Trinajstić information content (AvgIpc) is 2.94. The molecule has 0 saturated heterocycles. The molecule has 0 aliphatic rings. The molecule has 0 unspecified atom stereocenters. The van der Waals surface area contributed by atoms with Crippen LogP contribution in [-0.4, -0.2) is 17.2 Å². The number of aldehydes is 1. The Morgan fingerprint density at radius 3 is 2.83 bits per heavy atom. The summed E-state index contributed by atoms with van der Waals surface area (Å²) in [5.74, 6) is -0.131. The zero-order valence-corrected chi connectivity index (χ0v) is 11.2. The summed E-state index contributed by atoms with van der Waals surface area (Å²) in [7, 11) is 0. The first-order chi connectivity index (χ1) is 8.67. The van der Waals surface area contributed by atoms with Crippen LogP contribution in [0.1, 0.15) is 27.9 Å². The van der Waals surface area contributed by atoms with Gasteiger partial charge >= 0.3 is 0 Å². The second-order valence-electron chi connectivity index (χ2n) is 3.49. The number of hydrogen-bond donors (Lipinski definition) is 1. The topological polar surface area (TPSA) is 59.1 Å². The normalized spacial score (nSPS) is 10.7. The van der Waals surface area contributed by atoms with E-state index in [2.05, 4.69) is 10.3 Å². The minimum absolute atomic E-state index is 0.131. The molecule has 18 heavy (non-hydrogen) atoms. The minimum Gasteiger partial charge on any atom is -0.302 e. The van der Waals surface area contributed by atoms with E-state index in [1.165, 1.54) is 29.6 Å². The van der Waals surface area contributed by atoms with Crippen LogP contribution in [0.4, 0.5) is 5.13 Å². The lowest BCUT2D eigenvalue weighted by Crippen LogP contribution is -2.04. The number of rotatable bonds is 4. The first-order valence-corrected chi connectivity index (χ1v) is 6.88. The van der Waals surface area contributed by atoms with Gasteiger partial charge in [-0.15, -0.1) is 22.7 Å². The molecule has 0 spiro atoms. The van der Waals surface area contributed by atoms with Gasteiger partial charge in [-0.2, -0.15) is 0 Å². The highest BCUT2D eigenvalue weighted by atomic mass is 32.1. The third-order valence-electron chi connectivity index (χ3n) is 2.00. The number of hydrogen-bond acceptors (Lipinski definition) is 5. The number of aromatic nitrogens is 1. The number of carbonyl (C=O) groups is 2. The Hall–Kier alpha value is -1.79. The Bertz CT molecular complexity index is 599. The largest absolute Gasteiger partial charge is 0.302 e. The molecule has 0 atom stereocenters. The van der Waals surface area contributed by atoms with Gasteiger partial charge < -0.3 is 5.32 Å². The first-order valence-electron chi connectivity index (χ1n) is 5.12. The van der Waals surface area contributed by atoms with Gasteiger partial charge in [-0.3, -0.25) is 9.59 Å². The molecule has 6 heteroatoms. The fourth-order valence-corrected chi connectivity index (χ4v) is 2.73. The summed E-state index contributed by atoms with van der Waals surface area (Å²) in [6, 6.07) is 1.81. The molecule has 2 rings (SSSR count). The number of thiazole rings is 1. The van der Waals surface area contributed by atoms with Crippen molar-refractivity contribution in [3.63, 3.8) is 0 Å². The lowest BCUT2D eigenvalue weighted by atomic mass is 10.3. The van der Waals surface area contributed by atoms with Crippen molar-refractivity contribution in [3.8, 4) is 0 Å². The van der Waals surface area contributed by atoms with Crippen LogP contribution in [0.2, 0.25) is 0 Å². The maximum Gasteiger partial charge on any atom is 0.223 e. The van der Waals surface area contributed by atoms with Crippen molar-refractivity contribution in [2.24, 2.45) is 0 Å². The minimum atomic E-state index is -0.131. The maximum atomic E-state index is 10.8. The van der Waals surface area contributed by atoms with Crippen molar-refractivity contribution >= 4 is 52.2 Å². The standard InChI is InChI=1S/C12H10N2O2S2/c1-8(16)13-12-14-10(7-18-12)2-3-11-4-9(5-15)6-17-11/h2-7H,1H3,(H,13,14,16)/b3-2+. The summed E-state index contributed by atoms with van der Waals surface area (Å²) >= 11 is 2.87. The van der Waals surface area contributed by atoms with Crippen LogP contribution in [0, 0.1) is 0 Å². The highest BCUT2D eigenvalue weighted by Crippen LogP contribution is 2.19. The fraction of sp³-hybridized carbons (Fsp3) is 0.0833. The van der Waals surface area contributed by atoms with E-state index < -0.39 is 0 Å². The van der Waals surface area contributed by atoms with Gasteiger partial charge in [0.2, 0.25) is 5.91 Å². The Labute approximate surface area is 112 Å². The summed E-state index contributed by atoms with van der Waals surface area (Å²) in [4.78, 5) is 26.6. The molecular formula is C12H10N2O2S2. The smallest absolute Gasteiger partial charge is 0.223 e. The van der Waals surface area contributed by atoms with Crippen molar-refractivity contribution < 1.29 is 9.59 Å². The van der Waals surface area contributed by atoms with Crippen molar-refractivity contribution in [2.45, 2.75) is 6.92 Å². The third-order valence-corrected chi connectivity index (χ3v) is 3.69. The van der Waals surface area contributed by atoms with Crippen LogP contribution >= 0.6 is 22.7 Å². The molecule has 1 N–H and O–H groups in total. The first kappa shape index (κ1) is 12.7. The molecule has 0 aromatic carbocycles. The molecule has 0 aliphatic carbocycles. The van der Waals surface area contributed by atoms with Gasteiger partial charge in [0.1, 0.15) is 0 Å². The van der Waals surface area contributed by atoms with Gasteiger partial charge in [0.25, 0.3) is 0 Å². The number of thiophene rings is 1. The van der Waals surface area contributed by atoms with Crippen LogP contribution in [0.25, 0.3) is 12.2 Å². The quantitative estimate of drug-likeness (QED) is 0.874. The Balaban J connectivity index is 2.06. The maximum absolute atomic E-state index is 10.8. The lowest BCUT2D eigenvalue weighted by Gasteiger charge is -1.92. The van der Waals surface area contributed by atoms with E-state index in [0.717, 1.165) is 16.9 Å². The number of amides is 1. The van der Waals surface area contributed by atoms with E-state index in [0.29, 0.717) is 10.7 Å². The van der Waals surface area contributed by atoms with Gasteiger partial charge in [0.15, 0.2) is 11.4 Å². The molecule has 1 amide bonds. The molecular weight excluding hydrogens is 268 g/mol. The average molecular weight is 278 g/mol. The SMILES string of the molecule is CC(=O)Nc1nc(/C=C/c2cc(C=O)cs2)cs1. The van der Waals surface area contributed by atoms with Crippen molar-refractivity contribution in [3.05, 3.63) is 33.0 Å². The van der Waals surface area contributed by atoms with Crippen LogP contribution in [0.15, 0.2) is 16.8 Å². The van der Waals surface area contributed by atoms with E-state index in [-0.39, 0.29) is 5.91 Å². The number of carbonyl (C=O) groups excluding carboxylic acids is 2. The predicted octanol–water partition coefficient (Wildman–Crippen LogP) is 3.15. The summed E-state index contributed by atoms with van der Waals surface area (Å²) in [6.45, 7) is 1.45. The molecule has 0 bridgehead atoms. The Morgan fingerprint density at radius 2 is 2.17 bits per heavy atom. The molecule has 2 heterocycles. The molecule has 0 radical (unpaired) electrons. The molecule has 0 fully saturated rings. The van der Waals surface area contributed by atoms with E-state index in [1.807, 2.05) is 23.6 Å². The summed E-state index contributed by atoms with van der Waals surface area (Å²) in [5.41, 5.74) is 1.46. The van der Waals surface area contributed by atoms with Crippen LogP contribution in [0.3, 0.4) is 0 Å². The number of nitrogens with one attached hydrogen (secondary N) is 1. The van der Waals surface area contributed by atoms with E-state index in [1.54, 1.807) is 5.38 Å². The van der Waals surface area contributed by atoms with E-state index in [4.69, 9.17) is 0 Å².